The third-order valence-electron chi connectivity index (χ3n) is 2.91. The van der Waals surface area contributed by atoms with Gasteiger partial charge in [-0.25, -0.2) is 4.57 Å². The molecule has 0 amide bonds. The number of ketones is 1. The SMILES string of the molecule is CCOCc1c[n+](CC(=O)c2cccs2)c(C)nc1N.[Br-]. The van der Waals surface area contributed by atoms with Gasteiger partial charge >= 0.3 is 0 Å². The largest absolute Gasteiger partial charge is 1.00 e. The Morgan fingerprint density at radius 2 is 2.29 bits per heavy atom. The van der Waals surface area contributed by atoms with Crippen LogP contribution in [0.25, 0.3) is 0 Å². The molecule has 0 saturated heterocycles. The van der Waals surface area contributed by atoms with Gasteiger partial charge in [-0.3, -0.25) is 4.79 Å². The molecule has 21 heavy (non-hydrogen) atoms. The summed E-state index contributed by atoms with van der Waals surface area (Å²) in [5.41, 5.74) is 6.67. The number of carbonyl (C=O) groups excluding carboxylic acids is 1. The summed E-state index contributed by atoms with van der Waals surface area (Å²) in [5.74, 6) is 1.24. The lowest BCUT2D eigenvalue weighted by molar-refractivity contribution is -0.692. The first kappa shape index (κ1) is 17.7. The van der Waals surface area contributed by atoms with Crippen molar-refractivity contribution in [1.82, 2.24) is 4.98 Å². The van der Waals surface area contributed by atoms with E-state index < -0.39 is 0 Å². The molecule has 0 bridgehead atoms. The fraction of sp³-hybridized carbons (Fsp3) is 0.357. The molecule has 0 aliphatic heterocycles. The lowest BCUT2D eigenvalue weighted by Crippen LogP contribution is -3.00. The minimum atomic E-state index is 0. The summed E-state index contributed by atoms with van der Waals surface area (Å²) in [6.45, 7) is 5.04. The van der Waals surface area contributed by atoms with E-state index in [-0.39, 0.29) is 29.3 Å². The molecule has 0 spiro atoms. The van der Waals surface area contributed by atoms with Gasteiger partial charge in [0.2, 0.25) is 11.6 Å². The molecule has 0 aliphatic rings. The summed E-state index contributed by atoms with van der Waals surface area (Å²) in [6, 6.07) is 3.70. The number of hydrogen-bond donors (Lipinski definition) is 1. The lowest BCUT2D eigenvalue weighted by Gasteiger charge is -2.05. The second-order valence-corrected chi connectivity index (χ2v) is 5.31. The number of rotatable bonds is 6. The van der Waals surface area contributed by atoms with E-state index in [1.165, 1.54) is 11.3 Å². The van der Waals surface area contributed by atoms with E-state index in [4.69, 9.17) is 10.5 Å². The van der Waals surface area contributed by atoms with Gasteiger partial charge in [-0.05, 0) is 23.4 Å². The number of Topliss-reactive ketones (excluding diaryl/α,β-unsaturated/α-hetero) is 1. The van der Waals surface area contributed by atoms with Gasteiger partial charge in [-0.15, -0.1) is 11.3 Å². The van der Waals surface area contributed by atoms with Crippen LogP contribution in [0, 0.1) is 6.92 Å². The molecule has 2 rings (SSSR count). The van der Waals surface area contributed by atoms with Crippen molar-refractivity contribution >= 4 is 22.9 Å². The van der Waals surface area contributed by atoms with Crippen molar-refractivity contribution in [2.75, 3.05) is 12.3 Å². The van der Waals surface area contributed by atoms with Gasteiger partial charge in [0, 0.05) is 13.5 Å². The van der Waals surface area contributed by atoms with Gasteiger partial charge in [-0.1, -0.05) is 6.07 Å². The molecule has 0 unspecified atom stereocenters. The topological polar surface area (TPSA) is 69.1 Å². The van der Waals surface area contributed by atoms with Crippen molar-refractivity contribution in [3.63, 3.8) is 0 Å². The first-order valence-electron chi connectivity index (χ1n) is 6.41. The fourth-order valence-electron chi connectivity index (χ4n) is 1.81. The summed E-state index contributed by atoms with van der Waals surface area (Å²) in [6.07, 6.45) is 1.85. The van der Waals surface area contributed by atoms with Crippen LogP contribution in [0.2, 0.25) is 0 Å². The zero-order valence-electron chi connectivity index (χ0n) is 12.0. The molecule has 2 heterocycles. The molecule has 0 aliphatic carbocycles. The van der Waals surface area contributed by atoms with Crippen molar-refractivity contribution in [2.24, 2.45) is 0 Å². The predicted octanol–water partition coefficient (Wildman–Crippen LogP) is -1.26. The number of ether oxygens (including phenoxy) is 1. The van der Waals surface area contributed by atoms with Crippen molar-refractivity contribution < 1.29 is 31.1 Å². The van der Waals surface area contributed by atoms with Gasteiger partial charge in [-0.2, -0.15) is 0 Å². The molecule has 2 aromatic rings. The van der Waals surface area contributed by atoms with Gasteiger partial charge in [0.05, 0.1) is 17.0 Å². The first-order chi connectivity index (χ1) is 9.61. The Morgan fingerprint density at radius 1 is 1.52 bits per heavy atom. The number of carbonyl (C=O) groups is 1. The highest BCUT2D eigenvalue weighted by molar-refractivity contribution is 7.12. The zero-order valence-corrected chi connectivity index (χ0v) is 14.4. The molecule has 2 aromatic heterocycles. The summed E-state index contributed by atoms with van der Waals surface area (Å²) in [5, 5.41) is 1.90. The Balaban J connectivity index is 0.00000220. The number of hydrogen-bond acceptors (Lipinski definition) is 5. The van der Waals surface area contributed by atoms with E-state index in [2.05, 4.69) is 4.98 Å². The molecule has 2 N–H and O–H groups in total. The van der Waals surface area contributed by atoms with Crippen LogP contribution in [0.3, 0.4) is 0 Å². The van der Waals surface area contributed by atoms with Crippen LogP contribution in [-0.2, 0) is 17.9 Å². The minimum Gasteiger partial charge on any atom is -1.00 e. The van der Waals surface area contributed by atoms with Crippen LogP contribution < -0.4 is 27.3 Å². The number of thiophene rings is 1. The average Bonchev–Trinajstić information content (AvgIpc) is 2.94. The quantitative estimate of drug-likeness (QED) is 0.508. The molecule has 0 saturated carbocycles. The minimum absolute atomic E-state index is 0. The highest BCUT2D eigenvalue weighted by atomic mass is 79.9. The smallest absolute Gasteiger partial charge is 0.298 e. The van der Waals surface area contributed by atoms with Crippen LogP contribution in [0.4, 0.5) is 5.82 Å². The molecule has 7 heteroatoms. The Morgan fingerprint density at radius 3 is 2.90 bits per heavy atom. The normalized spacial score (nSPS) is 10.2. The molecule has 0 radical (unpaired) electrons. The second-order valence-electron chi connectivity index (χ2n) is 4.36. The maximum atomic E-state index is 12.1. The van der Waals surface area contributed by atoms with E-state index in [0.717, 1.165) is 10.4 Å². The predicted molar refractivity (Wildman–Crippen MR) is 77.6 cm³/mol. The van der Waals surface area contributed by atoms with Crippen LogP contribution >= 0.6 is 11.3 Å². The van der Waals surface area contributed by atoms with E-state index in [1.54, 1.807) is 0 Å². The average molecular weight is 372 g/mol. The van der Waals surface area contributed by atoms with Crippen LogP contribution in [0.1, 0.15) is 28.0 Å². The van der Waals surface area contributed by atoms with Gasteiger partial charge in [0.25, 0.3) is 5.82 Å². The van der Waals surface area contributed by atoms with Gasteiger partial charge in [0.15, 0.2) is 6.54 Å². The molecule has 0 aromatic carbocycles. The Hall–Kier alpha value is -1.31. The second kappa shape index (κ2) is 8.21. The Kier molecular flexibility index (Phi) is 6.94. The molecule has 0 fully saturated rings. The number of anilines is 1. The number of nitrogen functional groups attached to an aromatic ring is 1. The summed E-state index contributed by atoms with van der Waals surface area (Å²) >= 11 is 1.44. The third-order valence-corrected chi connectivity index (χ3v) is 3.82. The van der Waals surface area contributed by atoms with Gasteiger partial charge in [0.1, 0.15) is 6.20 Å². The number of nitrogens with zero attached hydrogens (tertiary/aromatic N) is 2. The van der Waals surface area contributed by atoms with Crippen LogP contribution in [0.5, 0.6) is 0 Å². The van der Waals surface area contributed by atoms with Crippen LogP contribution in [0.15, 0.2) is 23.7 Å². The fourth-order valence-corrected chi connectivity index (χ4v) is 2.47. The molecular formula is C14H18BrN3O2S. The van der Waals surface area contributed by atoms with Crippen molar-refractivity contribution in [2.45, 2.75) is 27.0 Å². The molecule has 5 nitrogen and oxygen atoms in total. The van der Waals surface area contributed by atoms with Crippen LogP contribution in [-0.4, -0.2) is 17.4 Å². The maximum absolute atomic E-state index is 12.1. The molecule has 114 valence electrons. The van der Waals surface area contributed by atoms with Gasteiger partial charge < -0.3 is 27.5 Å². The van der Waals surface area contributed by atoms with E-state index >= 15 is 0 Å². The van der Waals surface area contributed by atoms with E-state index in [1.807, 2.05) is 42.1 Å². The third kappa shape index (κ3) is 4.59. The Bertz CT molecular complexity index is 603. The van der Waals surface area contributed by atoms with E-state index in [0.29, 0.717) is 24.9 Å². The number of halogens is 1. The number of aryl methyl sites for hydroxylation is 1. The van der Waals surface area contributed by atoms with Crippen molar-refractivity contribution in [1.29, 1.82) is 0 Å². The maximum Gasteiger partial charge on any atom is 0.298 e. The first-order valence-corrected chi connectivity index (χ1v) is 7.29. The monoisotopic (exact) mass is 371 g/mol. The van der Waals surface area contributed by atoms with Crippen molar-refractivity contribution in [3.8, 4) is 0 Å². The molecular weight excluding hydrogens is 354 g/mol. The highest BCUT2D eigenvalue weighted by Crippen LogP contribution is 2.11. The summed E-state index contributed by atoms with van der Waals surface area (Å²) in [4.78, 5) is 17.2. The highest BCUT2D eigenvalue weighted by Gasteiger charge is 2.18. The van der Waals surface area contributed by atoms with E-state index in [9.17, 15) is 4.79 Å². The van der Waals surface area contributed by atoms with Crippen molar-refractivity contribution in [3.05, 3.63) is 40.0 Å². The lowest BCUT2D eigenvalue weighted by atomic mass is 10.3. The zero-order chi connectivity index (χ0) is 14.5. The number of aromatic nitrogens is 2. The number of nitrogens with two attached hydrogens (primary N) is 1. The standard InChI is InChI=1S/C14H17N3O2S.BrH/c1-3-19-9-11-7-17(10(2)16-14(11)15)8-12(18)13-5-4-6-20-13;/h4-7,15H,3,8-9H2,1-2H3;1H. The summed E-state index contributed by atoms with van der Waals surface area (Å²) in [7, 11) is 0. The Labute approximate surface area is 138 Å². The summed E-state index contributed by atoms with van der Waals surface area (Å²) < 4.78 is 7.17. The molecule has 0 atom stereocenters.